The summed E-state index contributed by atoms with van der Waals surface area (Å²) in [6.07, 6.45) is 2.38. The molecule has 1 aromatic carbocycles. The number of carbonyl (C=O) groups is 1. The van der Waals surface area contributed by atoms with Crippen molar-refractivity contribution in [3.05, 3.63) is 29.8 Å². The predicted octanol–water partition coefficient (Wildman–Crippen LogP) is 2.21. The minimum Gasteiger partial charge on any atom is -0.409 e. The molecular formula is C13H15F2N3O2. The monoisotopic (exact) mass is 283 g/mol. The molecule has 0 aliphatic heterocycles. The first-order valence-corrected chi connectivity index (χ1v) is 6.24. The summed E-state index contributed by atoms with van der Waals surface area (Å²) in [6.45, 7) is 0. The van der Waals surface area contributed by atoms with Crippen LogP contribution in [0.5, 0.6) is 0 Å². The van der Waals surface area contributed by atoms with Crippen molar-refractivity contribution in [2.45, 2.75) is 25.7 Å². The molecule has 1 amide bonds. The van der Waals surface area contributed by atoms with Crippen LogP contribution in [0.25, 0.3) is 0 Å². The quantitative estimate of drug-likeness (QED) is 0.344. The fourth-order valence-electron chi connectivity index (χ4n) is 2.51. The van der Waals surface area contributed by atoms with Crippen LogP contribution in [0.3, 0.4) is 0 Å². The second-order valence-corrected chi connectivity index (χ2v) is 4.85. The maximum Gasteiger partial charge on any atom is 0.238 e. The Labute approximate surface area is 114 Å². The zero-order chi connectivity index (χ0) is 14.8. The molecule has 1 saturated carbocycles. The summed E-state index contributed by atoms with van der Waals surface area (Å²) < 4.78 is 26.4. The Hall–Kier alpha value is -2.18. The SMILES string of the molecule is NC(=NO)C1(C(=O)Nc2ccc(F)cc2F)CCCC1. The highest BCUT2D eigenvalue weighted by molar-refractivity contribution is 6.12. The maximum atomic E-state index is 13.5. The van der Waals surface area contributed by atoms with Gasteiger partial charge in [0.05, 0.1) is 5.69 Å². The number of carbonyl (C=O) groups excluding carboxylic acids is 1. The van der Waals surface area contributed by atoms with E-state index in [0.29, 0.717) is 18.9 Å². The number of benzene rings is 1. The van der Waals surface area contributed by atoms with E-state index in [0.717, 1.165) is 25.0 Å². The molecule has 1 fully saturated rings. The van der Waals surface area contributed by atoms with Crippen LogP contribution >= 0.6 is 0 Å². The van der Waals surface area contributed by atoms with E-state index in [1.807, 2.05) is 0 Å². The fourth-order valence-corrected chi connectivity index (χ4v) is 2.51. The second-order valence-electron chi connectivity index (χ2n) is 4.85. The Balaban J connectivity index is 2.26. The lowest BCUT2D eigenvalue weighted by atomic mass is 9.83. The molecule has 4 N–H and O–H groups in total. The van der Waals surface area contributed by atoms with Crippen molar-refractivity contribution in [3.8, 4) is 0 Å². The summed E-state index contributed by atoms with van der Waals surface area (Å²) in [4.78, 5) is 12.3. The van der Waals surface area contributed by atoms with Crippen LogP contribution in [-0.4, -0.2) is 17.0 Å². The molecular weight excluding hydrogens is 268 g/mol. The van der Waals surface area contributed by atoms with Crippen LogP contribution in [0, 0.1) is 17.0 Å². The van der Waals surface area contributed by atoms with Crippen LogP contribution in [0.1, 0.15) is 25.7 Å². The highest BCUT2D eigenvalue weighted by Crippen LogP contribution is 2.39. The number of nitrogens with one attached hydrogen (secondary N) is 1. The third-order valence-electron chi connectivity index (χ3n) is 3.67. The Morgan fingerprint density at radius 2 is 2.00 bits per heavy atom. The van der Waals surface area contributed by atoms with Gasteiger partial charge in [0.25, 0.3) is 0 Å². The second kappa shape index (κ2) is 5.44. The summed E-state index contributed by atoms with van der Waals surface area (Å²) in [5, 5.41) is 14.1. The first kappa shape index (κ1) is 14.2. The lowest BCUT2D eigenvalue weighted by molar-refractivity contribution is -0.122. The van der Waals surface area contributed by atoms with Crippen LogP contribution in [0.2, 0.25) is 0 Å². The average molecular weight is 283 g/mol. The topological polar surface area (TPSA) is 87.7 Å². The molecule has 0 bridgehead atoms. The number of amides is 1. The van der Waals surface area contributed by atoms with Gasteiger partial charge in [0.15, 0.2) is 5.84 Å². The lowest BCUT2D eigenvalue weighted by Gasteiger charge is -2.26. The van der Waals surface area contributed by atoms with E-state index in [1.165, 1.54) is 0 Å². The minimum absolute atomic E-state index is 0.131. The van der Waals surface area contributed by atoms with Gasteiger partial charge in [-0.3, -0.25) is 4.79 Å². The van der Waals surface area contributed by atoms with Gasteiger partial charge in [0, 0.05) is 6.07 Å². The molecule has 5 nitrogen and oxygen atoms in total. The van der Waals surface area contributed by atoms with Gasteiger partial charge in [-0.1, -0.05) is 18.0 Å². The molecule has 0 spiro atoms. The molecule has 0 heterocycles. The van der Waals surface area contributed by atoms with E-state index in [4.69, 9.17) is 10.9 Å². The van der Waals surface area contributed by atoms with E-state index in [2.05, 4.69) is 10.5 Å². The molecule has 2 rings (SSSR count). The molecule has 0 unspecified atom stereocenters. The zero-order valence-electron chi connectivity index (χ0n) is 10.7. The van der Waals surface area contributed by atoms with E-state index in [9.17, 15) is 13.6 Å². The fraction of sp³-hybridized carbons (Fsp3) is 0.385. The van der Waals surface area contributed by atoms with E-state index in [1.54, 1.807) is 0 Å². The number of hydrogen-bond acceptors (Lipinski definition) is 3. The maximum absolute atomic E-state index is 13.5. The van der Waals surface area contributed by atoms with Crippen molar-refractivity contribution in [2.24, 2.45) is 16.3 Å². The van der Waals surface area contributed by atoms with E-state index >= 15 is 0 Å². The summed E-state index contributed by atoms with van der Waals surface area (Å²) in [5.74, 6) is -2.33. The Bertz CT molecular complexity index is 555. The van der Waals surface area contributed by atoms with E-state index < -0.39 is 23.0 Å². The zero-order valence-corrected chi connectivity index (χ0v) is 10.7. The van der Waals surface area contributed by atoms with Gasteiger partial charge < -0.3 is 16.3 Å². The number of amidine groups is 1. The van der Waals surface area contributed by atoms with Gasteiger partial charge in [-0.2, -0.15) is 0 Å². The first-order chi connectivity index (χ1) is 9.49. The molecule has 0 aromatic heterocycles. The molecule has 7 heteroatoms. The van der Waals surface area contributed by atoms with Gasteiger partial charge in [0.2, 0.25) is 5.91 Å². The van der Waals surface area contributed by atoms with Crippen molar-refractivity contribution in [1.82, 2.24) is 0 Å². The minimum atomic E-state index is -1.13. The lowest BCUT2D eigenvalue weighted by Crippen LogP contribution is -2.45. The van der Waals surface area contributed by atoms with Crippen molar-refractivity contribution < 1.29 is 18.8 Å². The van der Waals surface area contributed by atoms with Crippen LogP contribution in [0.15, 0.2) is 23.4 Å². The standard InChI is InChI=1S/C13H15F2N3O2/c14-8-3-4-10(9(15)7-8)17-12(19)13(11(16)18-20)5-1-2-6-13/h3-4,7,20H,1-2,5-6H2,(H2,16,18)(H,17,19). The number of nitrogens with two attached hydrogens (primary N) is 1. The number of hydrogen-bond donors (Lipinski definition) is 3. The predicted molar refractivity (Wildman–Crippen MR) is 69.3 cm³/mol. The smallest absolute Gasteiger partial charge is 0.238 e. The molecule has 20 heavy (non-hydrogen) atoms. The number of rotatable bonds is 3. The number of nitrogens with zero attached hydrogens (tertiary/aromatic N) is 1. The summed E-state index contributed by atoms with van der Waals surface area (Å²) in [6, 6.07) is 2.86. The number of halogens is 2. The highest BCUT2D eigenvalue weighted by atomic mass is 19.1. The van der Waals surface area contributed by atoms with Crippen LogP contribution in [0.4, 0.5) is 14.5 Å². The van der Waals surface area contributed by atoms with Crippen LogP contribution < -0.4 is 11.1 Å². The highest BCUT2D eigenvalue weighted by Gasteiger charge is 2.45. The summed E-state index contributed by atoms with van der Waals surface area (Å²) in [7, 11) is 0. The molecule has 1 aliphatic carbocycles. The van der Waals surface area contributed by atoms with Gasteiger partial charge in [-0.05, 0) is 25.0 Å². The van der Waals surface area contributed by atoms with Crippen molar-refractivity contribution in [2.75, 3.05) is 5.32 Å². The van der Waals surface area contributed by atoms with Crippen molar-refractivity contribution in [3.63, 3.8) is 0 Å². The average Bonchev–Trinajstić information content (AvgIpc) is 2.91. The number of oxime groups is 1. The third-order valence-corrected chi connectivity index (χ3v) is 3.67. The first-order valence-electron chi connectivity index (χ1n) is 6.24. The summed E-state index contributed by atoms with van der Waals surface area (Å²) in [5.41, 5.74) is 4.35. The molecule has 1 aromatic rings. The molecule has 1 aliphatic rings. The third kappa shape index (κ3) is 2.43. The Morgan fingerprint density at radius 3 is 2.55 bits per heavy atom. The Morgan fingerprint density at radius 1 is 1.35 bits per heavy atom. The molecule has 0 atom stereocenters. The largest absolute Gasteiger partial charge is 0.409 e. The van der Waals surface area contributed by atoms with Crippen LogP contribution in [-0.2, 0) is 4.79 Å². The van der Waals surface area contributed by atoms with Crippen molar-refractivity contribution in [1.29, 1.82) is 0 Å². The van der Waals surface area contributed by atoms with E-state index in [-0.39, 0.29) is 11.5 Å². The van der Waals surface area contributed by atoms with Gasteiger partial charge >= 0.3 is 0 Å². The van der Waals surface area contributed by atoms with Gasteiger partial charge in [-0.25, -0.2) is 8.78 Å². The van der Waals surface area contributed by atoms with Gasteiger partial charge in [0.1, 0.15) is 17.0 Å². The Kier molecular flexibility index (Phi) is 3.87. The molecule has 108 valence electrons. The molecule has 0 saturated heterocycles. The molecule has 0 radical (unpaired) electrons. The normalized spacial score (nSPS) is 18.0. The van der Waals surface area contributed by atoms with Gasteiger partial charge in [-0.15, -0.1) is 0 Å². The van der Waals surface area contributed by atoms with Crippen molar-refractivity contribution >= 4 is 17.4 Å². The number of anilines is 1. The summed E-state index contributed by atoms with van der Waals surface area (Å²) >= 11 is 0.